The van der Waals surface area contributed by atoms with Gasteiger partial charge in [0.15, 0.2) is 0 Å². The van der Waals surface area contributed by atoms with Gasteiger partial charge in [0.25, 0.3) is 5.91 Å². The molecular formula is C34H33BrN2O6. The van der Waals surface area contributed by atoms with Gasteiger partial charge in [-0.05, 0) is 34.9 Å². The van der Waals surface area contributed by atoms with E-state index in [1.807, 2.05) is 72.8 Å². The number of alkyl halides is 1. The molecule has 2 amide bonds. The second-order valence-corrected chi connectivity index (χ2v) is 12.4. The van der Waals surface area contributed by atoms with Crippen LogP contribution in [0.1, 0.15) is 18.0 Å². The average Bonchev–Trinajstić information content (AvgIpc) is 3.62. The first kappa shape index (κ1) is 29.3. The Hall–Kier alpha value is -3.79. The number of esters is 1. The zero-order valence-electron chi connectivity index (χ0n) is 23.6. The van der Waals surface area contributed by atoms with Gasteiger partial charge in [-0.3, -0.25) is 14.4 Å². The molecule has 3 aromatic carbocycles. The van der Waals surface area contributed by atoms with E-state index in [1.54, 1.807) is 11.0 Å². The van der Waals surface area contributed by atoms with Crippen molar-refractivity contribution in [2.75, 3.05) is 24.7 Å². The fourth-order valence-corrected chi connectivity index (χ4v) is 8.11. The van der Waals surface area contributed by atoms with Gasteiger partial charge in [-0.25, -0.2) is 0 Å². The first-order valence-electron chi connectivity index (χ1n) is 14.3. The largest absolute Gasteiger partial charge is 0.461 e. The van der Waals surface area contributed by atoms with Crippen LogP contribution < -0.4 is 4.90 Å². The van der Waals surface area contributed by atoms with Gasteiger partial charge in [0.2, 0.25) is 5.91 Å². The zero-order valence-corrected chi connectivity index (χ0v) is 25.1. The smallest absolute Gasteiger partial charge is 0.312 e. The summed E-state index contributed by atoms with van der Waals surface area (Å²) in [6.45, 7) is 7.27. The number of rotatable bonds is 10. The van der Waals surface area contributed by atoms with Crippen molar-refractivity contribution in [3.63, 3.8) is 0 Å². The molecule has 1 N–H and O–H groups in total. The Kier molecular flexibility index (Phi) is 7.98. The summed E-state index contributed by atoms with van der Waals surface area (Å²) in [6, 6.07) is 20.8. The summed E-state index contributed by atoms with van der Waals surface area (Å²) in [4.78, 5) is 45.7. The van der Waals surface area contributed by atoms with Crippen LogP contribution in [0.25, 0.3) is 10.8 Å². The van der Waals surface area contributed by atoms with Gasteiger partial charge in [-0.15, -0.1) is 6.58 Å². The van der Waals surface area contributed by atoms with Gasteiger partial charge < -0.3 is 24.4 Å². The molecule has 7 atom stereocenters. The zero-order chi connectivity index (χ0) is 30.3. The number of hydrogen-bond acceptors (Lipinski definition) is 6. The molecule has 3 aliphatic rings. The second-order valence-electron chi connectivity index (χ2n) is 11.2. The van der Waals surface area contributed by atoms with Crippen LogP contribution in [-0.2, 0) is 23.9 Å². The lowest BCUT2D eigenvalue weighted by Crippen LogP contribution is -2.57. The first-order valence-corrected chi connectivity index (χ1v) is 15.3. The SMILES string of the molecule is C=CCOC(=O)[C@H]1[C@@H]2OC3(CC2Br)C(C(=O)N(CC=C)c2ccc4ccccc4c2)N([C@H](CO)c2ccccc2)C(=O)[C@H]13. The highest BCUT2D eigenvalue weighted by Crippen LogP contribution is 2.61. The number of likely N-dealkylation sites (tertiary alicyclic amines) is 1. The Morgan fingerprint density at radius 2 is 1.81 bits per heavy atom. The van der Waals surface area contributed by atoms with Crippen LogP contribution in [0, 0.1) is 11.8 Å². The summed E-state index contributed by atoms with van der Waals surface area (Å²) >= 11 is 3.69. The molecule has 8 nitrogen and oxygen atoms in total. The standard InChI is InChI=1S/C34H33BrN2O6/c1-3-16-36(24-15-14-21-10-8-9-13-23(21)18-24)32(40)30-34-19-25(35)29(43-34)27(33(41)42-17-4-2)28(34)31(39)37(30)26(20-38)22-11-6-5-7-12-22/h3-15,18,25-30,38H,1-2,16-17,19-20H2/t25?,26-,27-,28+,29-,30?,34?/m1/s1. The van der Waals surface area contributed by atoms with Gasteiger partial charge in [0.1, 0.15) is 18.2 Å². The maximum atomic E-state index is 14.9. The lowest BCUT2D eigenvalue weighted by atomic mass is 9.70. The van der Waals surface area contributed by atoms with Crippen LogP contribution in [0.3, 0.4) is 0 Å². The van der Waals surface area contributed by atoms with Crippen molar-refractivity contribution in [3.05, 3.63) is 104 Å². The lowest BCUT2D eigenvalue weighted by molar-refractivity contribution is -0.154. The quantitative estimate of drug-likeness (QED) is 0.197. The van der Waals surface area contributed by atoms with E-state index in [9.17, 15) is 19.5 Å². The van der Waals surface area contributed by atoms with Crippen molar-refractivity contribution in [2.24, 2.45) is 11.8 Å². The molecule has 3 heterocycles. The number of ether oxygens (including phenoxy) is 2. The minimum atomic E-state index is -1.32. The summed E-state index contributed by atoms with van der Waals surface area (Å²) in [6.07, 6.45) is 2.79. The van der Waals surface area contributed by atoms with Crippen LogP contribution in [0.5, 0.6) is 0 Å². The predicted molar refractivity (Wildman–Crippen MR) is 166 cm³/mol. The van der Waals surface area contributed by atoms with Crippen LogP contribution in [0.15, 0.2) is 98.1 Å². The maximum absolute atomic E-state index is 14.9. The summed E-state index contributed by atoms with van der Waals surface area (Å²) in [7, 11) is 0. The predicted octanol–water partition coefficient (Wildman–Crippen LogP) is 4.57. The molecular weight excluding hydrogens is 612 g/mol. The number of anilines is 1. The van der Waals surface area contributed by atoms with Gasteiger partial charge in [0.05, 0.1) is 30.6 Å². The van der Waals surface area contributed by atoms with Crippen LogP contribution in [0.2, 0.25) is 0 Å². The average molecular weight is 646 g/mol. The van der Waals surface area contributed by atoms with Crippen molar-refractivity contribution in [1.82, 2.24) is 4.90 Å². The number of carbonyl (C=O) groups is 3. The van der Waals surface area contributed by atoms with Gasteiger partial charge in [-0.1, -0.05) is 95.3 Å². The van der Waals surface area contributed by atoms with Crippen LogP contribution >= 0.6 is 15.9 Å². The van der Waals surface area contributed by atoms with Gasteiger partial charge in [0, 0.05) is 17.1 Å². The minimum absolute atomic E-state index is 0.00660. The number of fused-ring (bicyclic) bond motifs is 2. The molecule has 222 valence electrons. The summed E-state index contributed by atoms with van der Waals surface area (Å²) < 4.78 is 12.1. The maximum Gasteiger partial charge on any atom is 0.312 e. The third-order valence-electron chi connectivity index (χ3n) is 8.89. The fraction of sp³-hybridized carbons (Fsp3) is 0.324. The molecule has 6 rings (SSSR count). The number of hydrogen-bond donors (Lipinski definition) is 1. The van der Waals surface area contributed by atoms with Crippen molar-refractivity contribution >= 4 is 50.2 Å². The van der Waals surface area contributed by atoms with Crippen LogP contribution in [0.4, 0.5) is 5.69 Å². The van der Waals surface area contributed by atoms with Crippen LogP contribution in [-0.4, -0.2) is 70.1 Å². The second kappa shape index (κ2) is 11.7. The highest BCUT2D eigenvalue weighted by atomic mass is 79.9. The molecule has 2 bridgehead atoms. The Labute approximate surface area is 258 Å². The number of aliphatic hydroxyl groups excluding tert-OH is 1. The topological polar surface area (TPSA) is 96.4 Å². The lowest BCUT2D eigenvalue weighted by Gasteiger charge is -2.39. The first-order chi connectivity index (χ1) is 20.9. The molecule has 3 aliphatic heterocycles. The molecule has 3 aromatic rings. The summed E-state index contributed by atoms with van der Waals surface area (Å²) in [5.74, 6) is -3.24. The molecule has 0 aliphatic carbocycles. The summed E-state index contributed by atoms with van der Waals surface area (Å²) in [5.41, 5.74) is -0.00576. The number of amides is 2. The highest BCUT2D eigenvalue weighted by molar-refractivity contribution is 9.09. The molecule has 3 saturated heterocycles. The molecule has 3 fully saturated rings. The van der Waals surface area contributed by atoms with E-state index in [2.05, 4.69) is 29.1 Å². The molecule has 3 unspecified atom stereocenters. The third-order valence-corrected chi connectivity index (χ3v) is 9.74. The van der Waals surface area contributed by atoms with E-state index in [4.69, 9.17) is 9.47 Å². The fourth-order valence-electron chi connectivity index (χ4n) is 7.16. The number of carbonyl (C=O) groups excluding carboxylic acids is 3. The van der Waals surface area contributed by atoms with E-state index >= 15 is 0 Å². The van der Waals surface area contributed by atoms with E-state index in [1.165, 1.54) is 11.0 Å². The van der Waals surface area contributed by atoms with Crippen molar-refractivity contribution in [1.29, 1.82) is 0 Å². The van der Waals surface area contributed by atoms with Gasteiger partial charge in [-0.2, -0.15) is 0 Å². The third kappa shape index (κ3) is 4.70. The Morgan fingerprint density at radius 1 is 1.09 bits per heavy atom. The highest BCUT2D eigenvalue weighted by Gasteiger charge is 2.77. The molecule has 1 spiro atoms. The Bertz CT molecular complexity index is 1580. The molecule has 43 heavy (non-hydrogen) atoms. The Balaban J connectivity index is 1.49. The molecule has 0 radical (unpaired) electrons. The van der Waals surface area contributed by atoms with E-state index in [-0.39, 0.29) is 23.9 Å². The van der Waals surface area contributed by atoms with E-state index in [0.29, 0.717) is 17.7 Å². The monoisotopic (exact) mass is 644 g/mol. The van der Waals surface area contributed by atoms with Crippen molar-refractivity contribution < 1.29 is 29.0 Å². The molecule has 9 heteroatoms. The van der Waals surface area contributed by atoms with E-state index in [0.717, 1.165) is 10.8 Å². The minimum Gasteiger partial charge on any atom is -0.461 e. The Morgan fingerprint density at radius 3 is 2.51 bits per heavy atom. The van der Waals surface area contributed by atoms with E-state index < -0.39 is 54.1 Å². The molecule has 0 aromatic heterocycles. The number of benzene rings is 3. The summed E-state index contributed by atoms with van der Waals surface area (Å²) in [5, 5.41) is 12.7. The van der Waals surface area contributed by atoms with Crippen molar-refractivity contribution in [2.45, 2.75) is 35.0 Å². The normalized spacial score (nSPS) is 28.0. The number of nitrogens with zero attached hydrogens (tertiary/aromatic N) is 2. The molecule has 0 saturated carbocycles. The number of aliphatic hydroxyl groups is 1. The van der Waals surface area contributed by atoms with Crippen molar-refractivity contribution in [3.8, 4) is 0 Å². The number of halogens is 1. The van der Waals surface area contributed by atoms with Gasteiger partial charge >= 0.3 is 5.97 Å².